The van der Waals surface area contributed by atoms with Crippen LogP contribution >= 0.6 is 7.82 Å². The number of hydrogen-bond donors (Lipinski definition) is 0. The molecule has 10 heteroatoms. The molecule has 0 aromatic carbocycles. The fraction of sp³-hybridized carbons (Fsp3) is 0.667. The second kappa shape index (κ2) is 39.6. The van der Waals surface area contributed by atoms with E-state index in [1.807, 2.05) is 27.2 Å². The summed E-state index contributed by atoms with van der Waals surface area (Å²) in [4.78, 5) is 37.5. The molecule has 0 radical (unpaired) electrons. The molecule has 0 saturated carbocycles. The summed E-state index contributed by atoms with van der Waals surface area (Å²) < 4.78 is 33.8. The summed E-state index contributed by atoms with van der Waals surface area (Å²) in [6, 6.07) is 0. The molecular formula is C48H82NO8P. The molecule has 0 saturated heterocycles. The van der Waals surface area contributed by atoms with Gasteiger partial charge in [0.05, 0.1) is 27.7 Å². The fourth-order valence-corrected chi connectivity index (χ4v) is 6.15. The number of ether oxygens (including phenoxy) is 2. The lowest BCUT2D eigenvalue weighted by Crippen LogP contribution is -2.37. The molecule has 0 aromatic rings. The molecular weight excluding hydrogens is 750 g/mol. The fourth-order valence-electron chi connectivity index (χ4n) is 5.42. The minimum atomic E-state index is -4.65. The third-order valence-corrected chi connectivity index (χ3v) is 9.86. The Hall–Kier alpha value is -2.81. The molecule has 0 fully saturated rings. The van der Waals surface area contributed by atoms with Gasteiger partial charge in [-0.25, -0.2) is 0 Å². The highest BCUT2D eigenvalue weighted by atomic mass is 31.2. The number of rotatable bonds is 39. The maximum absolute atomic E-state index is 12.7. The van der Waals surface area contributed by atoms with Crippen molar-refractivity contribution in [1.82, 2.24) is 0 Å². The van der Waals surface area contributed by atoms with Gasteiger partial charge in [0.2, 0.25) is 0 Å². The molecule has 332 valence electrons. The Morgan fingerprint density at radius 3 is 1.52 bits per heavy atom. The number of unbranched alkanes of at least 4 members (excludes halogenated alkanes) is 11. The minimum Gasteiger partial charge on any atom is -0.756 e. The Kier molecular flexibility index (Phi) is 37.7. The molecule has 2 atom stereocenters. The summed E-state index contributed by atoms with van der Waals surface area (Å²) in [6.45, 7) is 3.99. The number of phosphoric acid groups is 1. The molecule has 1 unspecified atom stereocenters. The standard InChI is InChI=1S/C48H82NO8P/c1-6-8-10-12-14-16-18-20-22-24-26-28-30-32-34-36-38-40-47(50)54-44-46(45-56-58(52,53)55-43-42-49(3,4)5)57-48(51)41-39-37-35-33-31-29-27-25-23-21-19-17-15-13-11-9-7-2/h8,10,14-17,20-23,26,28,32,34,46H,6-7,9,11-13,18-19,24-25,27,29-31,33,35-45H2,1-5H3/b10-8+,16-14+,17-15+,22-20+,23-21+,28-26+,34-32+/t46-/m1/s1. The number of carbonyl (C=O) groups is 2. The summed E-state index contributed by atoms with van der Waals surface area (Å²) in [5.74, 6) is -0.920. The summed E-state index contributed by atoms with van der Waals surface area (Å²) in [5, 5.41) is 0. The maximum Gasteiger partial charge on any atom is 0.306 e. The van der Waals surface area contributed by atoms with Crippen LogP contribution < -0.4 is 4.89 Å². The van der Waals surface area contributed by atoms with Gasteiger partial charge in [-0.2, -0.15) is 0 Å². The lowest BCUT2D eigenvalue weighted by molar-refractivity contribution is -0.870. The Morgan fingerprint density at radius 1 is 0.552 bits per heavy atom. The first-order valence-electron chi connectivity index (χ1n) is 22.3. The predicted octanol–water partition coefficient (Wildman–Crippen LogP) is 12.2. The van der Waals surface area contributed by atoms with Crippen molar-refractivity contribution in [3.05, 3.63) is 85.1 Å². The molecule has 0 rings (SSSR count). The predicted molar refractivity (Wildman–Crippen MR) is 240 cm³/mol. The monoisotopic (exact) mass is 832 g/mol. The normalized spacial score (nSPS) is 14.4. The average molecular weight is 832 g/mol. The van der Waals surface area contributed by atoms with E-state index in [0.29, 0.717) is 23.9 Å². The number of phosphoric ester groups is 1. The van der Waals surface area contributed by atoms with E-state index in [0.717, 1.165) is 70.6 Å². The second-order valence-corrected chi connectivity index (χ2v) is 17.1. The number of hydrogen-bond acceptors (Lipinski definition) is 8. The van der Waals surface area contributed by atoms with Gasteiger partial charge >= 0.3 is 11.9 Å². The molecule has 0 spiro atoms. The topological polar surface area (TPSA) is 111 Å². The van der Waals surface area contributed by atoms with E-state index in [9.17, 15) is 19.0 Å². The van der Waals surface area contributed by atoms with E-state index < -0.39 is 32.5 Å². The lowest BCUT2D eigenvalue weighted by Gasteiger charge is -2.28. The van der Waals surface area contributed by atoms with Crippen LogP contribution in [0.3, 0.4) is 0 Å². The highest BCUT2D eigenvalue weighted by Gasteiger charge is 2.21. The lowest BCUT2D eigenvalue weighted by atomic mass is 10.1. The van der Waals surface area contributed by atoms with Crippen molar-refractivity contribution in [1.29, 1.82) is 0 Å². The number of carbonyl (C=O) groups excluding carboxylic acids is 2. The minimum absolute atomic E-state index is 0.0459. The van der Waals surface area contributed by atoms with Gasteiger partial charge < -0.3 is 27.9 Å². The van der Waals surface area contributed by atoms with Gasteiger partial charge in [-0.1, -0.05) is 144 Å². The van der Waals surface area contributed by atoms with Crippen molar-refractivity contribution in [2.45, 2.75) is 161 Å². The quantitative estimate of drug-likeness (QED) is 0.0198. The number of allylic oxidation sites excluding steroid dienone is 14. The molecule has 0 bridgehead atoms. The van der Waals surface area contributed by atoms with Gasteiger partial charge in [-0.05, 0) is 83.5 Å². The number of quaternary nitrogens is 1. The van der Waals surface area contributed by atoms with Gasteiger partial charge in [0.15, 0.2) is 6.10 Å². The Morgan fingerprint density at radius 2 is 1.00 bits per heavy atom. The van der Waals surface area contributed by atoms with Crippen LogP contribution in [-0.4, -0.2) is 70.0 Å². The van der Waals surface area contributed by atoms with Crippen LogP contribution in [0.4, 0.5) is 0 Å². The summed E-state index contributed by atoms with van der Waals surface area (Å²) >= 11 is 0. The molecule has 0 aliphatic heterocycles. The molecule has 0 aliphatic carbocycles. The summed E-state index contributed by atoms with van der Waals surface area (Å²) in [5.41, 5.74) is 0. The largest absolute Gasteiger partial charge is 0.756 e. The SMILES string of the molecule is CC/C=C/C/C=C/C/C=C/C/C=C/C/C=C/CCCC(=O)OC[C@H](COP(=O)([O-])OCC[N+](C)(C)C)OC(=O)CCCCCCCCC/C=C/C/C=C/CCCCC. The molecule has 0 aliphatic rings. The number of nitrogens with zero attached hydrogens (tertiary/aromatic N) is 1. The molecule has 0 amide bonds. The summed E-state index contributed by atoms with van der Waals surface area (Å²) in [7, 11) is 1.11. The van der Waals surface area contributed by atoms with E-state index in [-0.39, 0.29) is 26.1 Å². The maximum atomic E-state index is 12.7. The molecule has 0 aromatic heterocycles. The van der Waals surface area contributed by atoms with Crippen molar-refractivity contribution in [2.24, 2.45) is 0 Å². The first-order chi connectivity index (χ1) is 28.0. The van der Waals surface area contributed by atoms with Crippen molar-refractivity contribution in [2.75, 3.05) is 47.5 Å². The summed E-state index contributed by atoms with van der Waals surface area (Å²) in [6.07, 6.45) is 50.4. The van der Waals surface area contributed by atoms with Crippen LogP contribution in [0.15, 0.2) is 85.1 Å². The van der Waals surface area contributed by atoms with Crippen LogP contribution in [0.2, 0.25) is 0 Å². The van der Waals surface area contributed by atoms with Gasteiger partial charge in [-0.3, -0.25) is 14.2 Å². The third kappa shape index (κ3) is 42.8. The van der Waals surface area contributed by atoms with Gasteiger partial charge in [0.1, 0.15) is 19.8 Å². The average Bonchev–Trinajstić information content (AvgIpc) is 3.17. The van der Waals surface area contributed by atoms with Crippen molar-refractivity contribution in [3.63, 3.8) is 0 Å². The molecule has 9 nitrogen and oxygen atoms in total. The second-order valence-electron chi connectivity index (χ2n) is 15.7. The van der Waals surface area contributed by atoms with Gasteiger partial charge in [-0.15, -0.1) is 0 Å². The first kappa shape index (κ1) is 55.2. The Balaban J connectivity index is 4.48. The number of likely N-dealkylation sites (N-methyl/N-ethyl adjacent to an activating group) is 1. The van der Waals surface area contributed by atoms with Crippen molar-refractivity contribution < 1.29 is 42.1 Å². The van der Waals surface area contributed by atoms with Crippen LogP contribution in [-0.2, 0) is 32.7 Å². The van der Waals surface area contributed by atoms with Crippen LogP contribution in [0, 0.1) is 0 Å². The van der Waals surface area contributed by atoms with Crippen LogP contribution in [0.5, 0.6) is 0 Å². The zero-order valence-electron chi connectivity index (χ0n) is 37.2. The van der Waals surface area contributed by atoms with E-state index >= 15 is 0 Å². The van der Waals surface area contributed by atoms with E-state index in [1.54, 1.807) is 0 Å². The van der Waals surface area contributed by atoms with Gasteiger partial charge in [0.25, 0.3) is 7.82 Å². The van der Waals surface area contributed by atoms with E-state index in [4.69, 9.17) is 18.5 Å². The smallest absolute Gasteiger partial charge is 0.306 e. The van der Waals surface area contributed by atoms with E-state index in [1.165, 1.54) is 44.9 Å². The van der Waals surface area contributed by atoms with Gasteiger partial charge in [0, 0.05) is 12.8 Å². The highest BCUT2D eigenvalue weighted by Crippen LogP contribution is 2.38. The van der Waals surface area contributed by atoms with Crippen molar-refractivity contribution >= 4 is 19.8 Å². The zero-order valence-corrected chi connectivity index (χ0v) is 38.1. The Labute approximate surface area is 354 Å². The zero-order chi connectivity index (χ0) is 42.8. The van der Waals surface area contributed by atoms with E-state index in [2.05, 4.69) is 92.8 Å². The molecule has 0 heterocycles. The molecule has 58 heavy (non-hydrogen) atoms. The highest BCUT2D eigenvalue weighted by molar-refractivity contribution is 7.45. The van der Waals surface area contributed by atoms with Crippen LogP contribution in [0.1, 0.15) is 155 Å². The Bertz CT molecular complexity index is 1260. The van der Waals surface area contributed by atoms with Crippen LogP contribution in [0.25, 0.3) is 0 Å². The first-order valence-corrected chi connectivity index (χ1v) is 23.8. The third-order valence-electron chi connectivity index (χ3n) is 8.90. The molecule has 0 N–H and O–H groups in total. The van der Waals surface area contributed by atoms with Crippen molar-refractivity contribution in [3.8, 4) is 0 Å². The number of esters is 2.